The van der Waals surface area contributed by atoms with Gasteiger partial charge in [0.15, 0.2) is 0 Å². The van der Waals surface area contributed by atoms with E-state index in [9.17, 15) is 0 Å². The van der Waals surface area contributed by atoms with Crippen LogP contribution in [-0.4, -0.2) is 30.9 Å². The third-order valence-electron chi connectivity index (χ3n) is 2.81. The van der Waals surface area contributed by atoms with Gasteiger partial charge in [0.25, 0.3) is 0 Å². The quantitative estimate of drug-likeness (QED) is 0.500. The number of hydrogen-bond donors (Lipinski definition) is 2. The van der Waals surface area contributed by atoms with Crippen molar-refractivity contribution < 1.29 is 0 Å². The van der Waals surface area contributed by atoms with E-state index in [-0.39, 0.29) is 0 Å². The van der Waals surface area contributed by atoms with Gasteiger partial charge in [-0.2, -0.15) is 0 Å². The summed E-state index contributed by atoms with van der Waals surface area (Å²) >= 11 is 0. The molecule has 3 nitrogen and oxygen atoms in total. The van der Waals surface area contributed by atoms with Crippen LogP contribution >= 0.6 is 0 Å². The van der Waals surface area contributed by atoms with Gasteiger partial charge in [-0.3, -0.25) is 5.41 Å². The summed E-state index contributed by atoms with van der Waals surface area (Å²) in [5.41, 5.74) is 5.31. The van der Waals surface area contributed by atoms with Crippen molar-refractivity contribution in [1.29, 1.82) is 5.41 Å². The lowest BCUT2D eigenvalue weighted by atomic mass is 10.1. The highest BCUT2D eigenvalue weighted by Gasteiger charge is 2.16. The molecule has 0 unspecified atom stereocenters. The largest absolute Gasteiger partial charge is 0.388 e. The first-order valence-corrected chi connectivity index (χ1v) is 5.20. The Labute approximate surface area is 80.8 Å². The number of nitrogens with one attached hydrogen (secondary N) is 1. The standard InChI is InChI=1S/C10H21N3/c1-13(7-6-10(11)12)8-9-4-2-3-5-9/h9H,2-8H2,1H3,(H3,11,12). The first-order chi connectivity index (χ1) is 6.18. The molecule has 1 aliphatic rings. The van der Waals surface area contributed by atoms with E-state index in [1.54, 1.807) is 0 Å². The molecular weight excluding hydrogens is 162 g/mol. The zero-order valence-corrected chi connectivity index (χ0v) is 8.55. The number of rotatable bonds is 5. The molecule has 0 bridgehead atoms. The maximum absolute atomic E-state index is 7.12. The molecule has 0 heterocycles. The Kier molecular flexibility index (Phi) is 4.22. The Hall–Kier alpha value is -0.570. The van der Waals surface area contributed by atoms with Crippen LogP contribution < -0.4 is 5.73 Å². The minimum Gasteiger partial charge on any atom is -0.388 e. The molecule has 3 N–H and O–H groups in total. The van der Waals surface area contributed by atoms with Crippen LogP contribution in [0.2, 0.25) is 0 Å². The van der Waals surface area contributed by atoms with Crippen LogP contribution in [0.3, 0.4) is 0 Å². The molecule has 0 amide bonds. The molecule has 76 valence electrons. The number of hydrogen-bond acceptors (Lipinski definition) is 2. The maximum atomic E-state index is 7.12. The van der Waals surface area contributed by atoms with E-state index in [2.05, 4.69) is 11.9 Å². The van der Waals surface area contributed by atoms with Gasteiger partial charge in [0.2, 0.25) is 0 Å². The fourth-order valence-corrected chi connectivity index (χ4v) is 2.04. The van der Waals surface area contributed by atoms with Crippen molar-refractivity contribution in [3.8, 4) is 0 Å². The fourth-order valence-electron chi connectivity index (χ4n) is 2.04. The SMILES string of the molecule is CN(CCC(=N)N)CC1CCCC1. The highest BCUT2D eigenvalue weighted by Crippen LogP contribution is 2.24. The fraction of sp³-hybridized carbons (Fsp3) is 0.900. The Morgan fingerprint density at radius 2 is 2.08 bits per heavy atom. The summed E-state index contributed by atoms with van der Waals surface area (Å²) in [6.07, 6.45) is 6.31. The normalized spacial score (nSPS) is 18.3. The topological polar surface area (TPSA) is 53.1 Å². The van der Waals surface area contributed by atoms with Crippen LogP contribution in [-0.2, 0) is 0 Å². The van der Waals surface area contributed by atoms with E-state index in [1.807, 2.05) is 0 Å². The van der Waals surface area contributed by atoms with Crippen molar-refractivity contribution in [3.63, 3.8) is 0 Å². The van der Waals surface area contributed by atoms with Crippen molar-refractivity contribution in [3.05, 3.63) is 0 Å². The van der Waals surface area contributed by atoms with Crippen molar-refractivity contribution in [1.82, 2.24) is 4.90 Å². The molecule has 0 aliphatic heterocycles. The summed E-state index contributed by atoms with van der Waals surface area (Å²) < 4.78 is 0. The Bertz CT molecular complexity index is 162. The van der Waals surface area contributed by atoms with Crippen LogP contribution in [0.1, 0.15) is 32.1 Å². The van der Waals surface area contributed by atoms with Crippen molar-refractivity contribution >= 4 is 5.84 Å². The lowest BCUT2D eigenvalue weighted by Crippen LogP contribution is -2.28. The molecule has 0 saturated heterocycles. The van der Waals surface area contributed by atoms with Crippen molar-refractivity contribution in [2.45, 2.75) is 32.1 Å². The maximum Gasteiger partial charge on any atom is 0.0918 e. The molecule has 0 atom stereocenters. The predicted molar refractivity (Wildman–Crippen MR) is 56.0 cm³/mol. The van der Waals surface area contributed by atoms with E-state index in [1.165, 1.54) is 32.2 Å². The lowest BCUT2D eigenvalue weighted by Gasteiger charge is -2.20. The van der Waals surface area contributed by atoms with E-state index < -0.39 is 0 Å². The van der Waals surface area contributed by atoms with Gasteiger partial charge in [-0.15, -0.1) is 0 Å². The Morgan fingerprint density at radius 3 is 2.62 bits per heavy atom. The van der Waals surface area contributed by atoms with E-state index in [0.717, 1.165) is 12.5 Å². The second-order valence-electron chi connectivity index (χ2n) is 4.19. The van der Waals surface area contributed by atoms with Crippen LogP contribution in [0, 0.1) is 11.3 Å². The Balaban J connectivity index is 2.09. The van der Waals surface area contributed by atoms with Gasteiger partial charge in [-0.25, -0.2) is 0 Å². The third-order valence-corrected chi connectivity index (χ3v) is 2.81. The molecule has 0 spiro atoms. The van der Waals surface area contributed by atoms with E-state index in [0.29, 0.717) is 12.3 Å². The molecule has 0 aromatic heterocycles. The van der Waals surface area contributed by atoms with Crippen LogP contribution in [0.5, 0.6) is 0 Å². The monoisotopic (exact) mass is 183 g/mol. The van der Waals surface area contributed by atoms with Crippen molar-refractivity contribution in [2.75, 3.05) is 20.1 Å². The number of nitrogens with zero attached hydrogens (tertiary/aromatic N) is 1. The van der Waals surface area contributed by atoms with Gasteiger partial charge in [0.1, 0.15) is 0 Å². The molecule has 13 heavy (non-hydrogen) atoms. The van der Waals surface area contributed by atoms with Crippen LogP contribution in [0.25, 0.3) is 0 Å². The molecule has 0 aromatic carbocycles. The average Bonchev–Trinajstić information content (AvgIpc) is 2.53. The lowest BCUT2D eigenvalue weighted by molar-refractivity contribution is 0.285. The highest BCUT2D eigenvalue weighted by atomic mass is 15.1. The molecule has 1 fully saturated rings. The second kappa shape index (κ2) is 5.22. The average molecular weight is 183 g/mol. The molecule has 1 rings (SSSR count). The first kappa shape index (κ1) is 10.5. The summed E-state index contributed by atoms with van der Waals surface area (Å²) in [6.45, 7) is 2.12. The molecule has 1 aliphatic carbocycles. The zero-order valence-electron chi connectivity index (χ0n) is 8.55. The summed E-state index contributed by atoms with van der Waals surface area (Å²) in [4.78, 5) is 2.30. The zero-order chi connectivity index (χ0) is 9.68. The van der Waals surface area contributed by atoms with Crippen LogP contribution in [0.4, 0.5) is 0 Å². The summed E-state index contributed by atoms with van der Waals surface area (Å²) in [5, 5.41) is 7.12. The summed E-state index contributed by atoms with van der Waals surface area (Å²) in [6, 6.07) is 0. The van der Waals surface area contributed by atoms with Gasteiger partial charge >= 0.3 is 0 Å². The van der Waals surface area contributed by atoms with Crippen LogP contribution in [0.15, 0.2) is 0 Å². The predicted octanol–water partition coefficient (Wildman–Crippen LogP) is 1.43. The van der Waals surface area contributed by atoms with Gasteiger partial charge in [-0.05, 0) is 25.8 Å². The minimum atomic E-state index is 0.304. The number of amidine groups is 1. The molecule has 0 radical (unpaired) electrons. The van der Waals surface area contributed by atoms with E-state index in [4.69, 9.17) is 11.1 Å². The van der Waals surface area contributed by atoms with Gasteiger partial charge in [0, 0.05) is 19.5 Å². The molecule has 0 aromatic rings. The second-order valence-corrected chi connectivity index (χ2v) is 4.19. The molecule has 3 heteroatoms. The smallest absolute Gasteiger partial charge is 0.0918 e. The third kappa shape index (κ3) is 4.27. The highest BCUT2D eigenvalue weighted by molar-refractivity contribution is 5.76. The van der Waals surface area contributed by atoms with Gasteiger partial charge in [-0.1, -0.05) is 12.8 Å². The van der Waals surface area contributed by atoms with Gasteiger partial charge < -0.3 is 10.6 Å². The molecular formula is C10H21N3. The van der Waals surface area contributed by atoms with Crippen molar-refractivity contribution in [2.24, 2.45) is 11.7 Å². The summed E-state index contributed by atoms with van der Waals surface area (Å²) in [5.74, 6) is 1.20. The van der Waals surface area contributed by atoms with E-state index >= 15 is 0 Å². The van der Waals surface area contributed by atoms with Gasteiger partial charge in [0.05, 0.1) is 5.84 Å². The first-order valence-electron chi connectivity index (χ1n) is 5.20. The summed E-state index contributed by atoms with van der Waals surface area (Å²) in [7, 11) is 2.13. The minimum absolute atomic E-state index is 0.304. The number of nitrogens with two attached hydrogens (primary N) is 1. The molecule has 1 saturated carbocycles. The Morgan fingerprint density at radius 1 is 1.46 bits per heavy atom.